The van der Waals surface area contributed by atoms with Gasteiger partial charge in [-0.1, -0.05) is 18.1 Å². The van der Waals surface area contributed by atoms with Crippen molar-refractivity contribution in [3.8, 4) is 12.3 Å². The molecule has 1 fully saturated rings. The molecule has 1 aromatic carbocycles. The van der Waals surface area contributed by atoms with Crippen LogP contribution in [0.1, 0.15) is 24.1 Å². The normalized spacial score (nSPS) is 16.2. The molecule has 2 atom stereocenters. The third kappa shape index (κ3) is 5.43. The van der Waals surface area contributed by atoms with Crippen molar-refractivity contribution >= 4 is 0 Å². The molecule has 3 rings (SSSR count). The van der Waals surface area contributed by atoms with E-state index in [2.05, 4.69) is 16.6 Å². The van der Waals surface area contributed by atoms with Gasteiger partial charge in [-0.05, 0) is 29.8 Å². The number of rotatable bonds is 10. The zero-order valence-corrected chi connectivity index (χ0v) is 14.9. The molecule has 0 spiro atoms. The van der Waals surface area contributed by atoms with Gasteiger partial charge < -0.3 is 19.3 Å². The van der Waals surface area contributed by atoms with Gasteiger partial charge in [0.1, 0.15) is 31.6 Å². The lowest BCUT2D eigenvalue weighted by Gasteiger charge is -2.23. The molecule has 0 aliphatic heterocycles. The Labute approximate surface area is 154 Å². The second kappa shape index (κ2) is 9.00. The topological polar surface area (TPSA) is 38.8 Å². The van der Waals surface area contributed by atoms with Gasteiger partial charge in [0, 0.05) is 25.6 Å². The quantitative estimate of drug-likeness (QED) is 0.496. The Morgan fingerprint density at radius 2 is 2.19 bits per heavy atom. The highest BCUT2D eigenvalue weighted by atomic mass is 19.1. The van der Waals surface area contributed by atoms with E-state index in [1.54, 1.807) is 12.1 Å². The van der Waals surface area contributed by atoms with Crippen molar-refractivity contribution in [2.24, 2.45) is 0 Å². The largest absolute Gasteiger partial charge is 0.385 e. The van der Waals surface area contributed by atoms with E-state index in [0.717, 1.165) is 12.1 Å². The smallest absolute Gasteiger partial charge is 0.126 e. The minimum absolute atomic E-state index is 0.212. The van der Waals surface area contributed by atoms with E-state index in [0.29, 0.717) is 19.1 Å². The van der Waals surface area contributed by atoms with Crippen molar-refractivity contribution in [1.82, 2.24) is 4.57 Å². The molecule has 1 aliphatic carbocycles. The number of terminal acetylenes is 1. The summed E-state index contributed by atoms with van der Waals surface area (Å²) in [5, 5.41) is 10.2. The van der Waals surface area contributed by atoms with Gasteiger partial charge in [0.15, 0.2) is 0 Å². The zero-order chi connectivity index (χ0) is 18.4. The molecular weight excluding hydrogens is 331 g/mol. The number of aromatic nitrogens is 1. The van der Waals surface area contributed by atoms with Crippen LogP contribution in [0.25, 0.3) is 0 Å². The summed E-state index contributed by atoms with van der Waals surface area (Å²) in [6.07, 6.45) is 9.05. The van der Waals surface area contributed by atoms with Crippen molar-refractivity contribution in [3.05, 3.63) is 59.7 Å². The van der Waals surface area contributed by atoms with Gasteiger partial charge in [0.05, 0.1) is 18.3 Å². The predicted octanol–water partition coefficient (Wildman–Crippen LogP) is 1.23. The molecule has 2 N–H and O–H groups in total. The lowest BCUT2D eigenvalue weighted by atomic mass is 10.2. The first-order valence-corrected chi connectivity index (χ1v) is 9.08. The van der Waals surface area contributed by atoms with E-state index in [9.17, 15) is 9.50 Å². The first kappa shape index (κ1) is 18.7. The molecule has 0 saturated heterocycles. The van der Waals surface area contributed by atoms with Crippen LogP contribution in [0.5, 0.6) is 0 Å². The number of hydrogen-bond donors (Lipinski definition) is 2. The molecule has 138 valence electrons. The fourth-order valence-corrected chi connectivity index (χ4v) is 3.32. The minimum atomic E-state index is -0.523. The molecule has 4 nitrogen and oxygen atoms in total. The fourth-order valence-electron chi connectivity index (χ4n) is 3.32. The number of halogens is 1. The molecule has 1 unspecified atom stereocenters. The molecule has 2 aromatic rings. The molecule has 0 radical (unpaired) electrons. The molecular formula is C21H26FN2O2+. The number of ether oxygens (including phenoxy) is 1. The number of nitrogens with one attached hydrogen (secondary N) is 1. The fraction of sp³-hybridized carbons (Fsp3) is 0.429. The lowest BCUT2D eigenvalue weighted by Crippen LogP contribution is -3.13. The number of hydrogen-bond acceptors (Lipinski definition) is 2. The third-order valence-corrected chi connectivity index (χ3v) is 4.72. The van der Waals surface area contributed by atoms with Crippen molar-refractivity contribution in [2.45, 2.75) is 38.1 Å². The van der Waals surface area contributed by atoms with Gasteiger partial charge in [-0.3, -0.25) is 0 Å². The Kier molecular flexibility index (Phi) is 6.45. The Balaban J connectivity index is 1.61. The van der Waals surface area contributed by atoms with Gasteiger partial charge in [-0.25, -0.2) is 4.39 Å². The van der Waals surface area contributed by atoms with Gasteiger partial charge in [0.25, 0.3) is 0 Å². The van der Waals surface area contributed by atoms with E-state index >= 15 is 0 Å². The van der Waals surface area contributed by atoms with E-state index in [4.69, 9.17) is 11.2 Å². The Hall–Kier alpha value is -2.13. The summed E-state index contributed by atoms with van der Waals surface area (Å²) in [7, 11) is 0. The molecule has 1 aromatic heterocycles. The Morgan fingerprint density at radius 1 is 1.35 bits per heavy atom. The highest BCUT2D eigenvalue weighted by molar-refractivity contribution is 5.18. The van der Waals surface area contributed by atoms with E-state index < -0.39 is 6.10 Å². The van der Waals surface area contributed by atoms with Gasteiger partial charge in [-0.2, -0.15) is 0 Å². The van der Waals surface area contributed by atoms with Crippen LogP contribution in [0.4, 0.5) is 4.39 Å². The molecule has 1 aliphatic rings. The zero-order valence-electron chi connectivity index (χ0n) is 14.9. The predicted molar refractivity (Wildman–Crippen MR) is 98.1 cm³/mol. The van der Waals surface area contributed by atoms with Crippen LogP contribution in [-0.2, 0) is 17.8 Å². The lowest BCUT2D eigenvalue weighted by molar-refractivity contribution is -0.928. The van der Waals surface area contributed by atoms with Crippen LogP contribution in [0.15, 0.2) is 42.6 Å². The number of quaternary nitrogens is 1. The van der Waals surface area contributed by atoms with E-state index in [-0.39, 0.29) is 19.0 Å². The first-order valence-electron chi connectivity index (χ1n) is 9.08. The molecule has 26 heavy (non-hydrogen) atoms. The standard InChI is InChI=1S/C21H25FN2O2/c1-2-11-26-16-21(25)15-24(19-8-9-19)14-20-7-4-10-23(20)13-17-5-3-6-18(22)12-17/h1,3-7,10,12,19,21,25H,8-9,11,13-16H2/p+1/t21-/m0/s1. The van der Waals surface area contributed by atoms with E-state index in [1.165, 1.54) is 29.5 Å². The molecule has 0 amide bonds. The summed E-state index contributed by atoms with van der Waals surface area (Å²) in [6, 6.07) is 11.4. The highest BCUT2D eigenvalue weighted by Crippen LogP contribution is 2.16. The van der Waals surface area contributed by atoms with Gasteiger partial charge in [0.2, 0.25) is 0 Å². The van der Waals surface area contributed by atoms with Crippen molar-refractivity contribution in [2.75, 3.05) is 19.8 Å². The van der Waals surface area contributed by atoms with Crippen LogP contribution in [0, 0.1) is 18.2 Å². The maximum Gasteiger partial charge on any atom is 0.126 e. The van der Waals surface area contributed by atoms with Crippen LogP contribution in [0.3, 0.4) is 0 Å². The van der Waals surface area contributed by atoms with Crippen LogP contribution < -0.4 is 4.90 Å². The Bertz CT molecular complexity index is 748. The maximum atomic E-state index is 13.4. The summed E-state index contributed by atoms with van der Waals surface area (Å²) in [4.78, 5) is 1.36. The van der Waals surface area contributed by atoms with Crippen LogP contribution in [0.2, 0.25) is 0 Å². The molecule has 1 saturated carbocycles. The average Bonchev–Trinajstić information content (AvgIpc) is 3.37. The SMILES string of the molecule is C#CCOC[C@@H](O)C[NH+](Cc1cccn1Cc1cccc(F)c1)C1CC1. The molecule has 0 bridgehead atoms. The maximum absolute atomic E-state index is 13.4. The van der Waals surface area contributed by atoms with Crippen molar-refractivity contribution < 1.29 is 19.1 Å². The van der Waals surface area contributed by atoms with Crippen molar-refractivity contribution in [3.63, 3.8) is 0 Å². The van der Waals surface area contributed by atoms with Gasteiger partial charge >= 0.3 is 0 Å². The number of benzene rings is 1. The highest BCUT2D eigenvalue weighted by Gasteiger charge is 2.35. The molecule has 1 heterocycles. The number of aliphatic hydroxyl groups excluding tert-OH is 1. The number of nitrogens with zero attached hydrogens (tertiary/aromatic N) is 1. The monoisotopic (exact) mass is 357 g/mol. The summed E-state index contributed by atoms with van der Waals surface area (Å²) in [5.41, 5.74) is 2.13. The summed E-state index contributed by atoms with van der Waals surface area (Å²) in [5.74, 6) is 2.20. The summed E-state index contributed by atoms with van der Waals surface area (Å²) < 4.78 is 20.8. The summed E-state index contributed by atoms with van der Waals surface area (Å²) >= 11 is 0. The molecule has 5 heteroatoms. The second-order valence-electron chi connectivity index (χ2n) is 6.94. The van der Waals surface area contributed by atoms with Crippen LogP contribution in [-0.4, -0.2) is 41.6 Å². The van der Waals surface area contributed by atoms with Crippen molar-refractivity contribution in [1.29, 1.82) is 0 Å². The average molecular weight is 357 g/mol. The minimum Gasteiger partial charge on any atom is -0.385 e. The Morgan fingerprint density at radius 3 is 2.92 bits per heavy atom. The second-order valence-corrected chi connectivity index (χ2v) is 6.94. The number of aliphatic hydroxyl groups is 1. The van der Waals surface area contributed by atoms with Gasteiger partial charge in [-0.15, -0.1) is 6.42 Å². The first-order chi connectivity index (χ1) is 12.7. The third-order valence-electron chi connectivity index (χ3n) is 4.72. The van der Waals surface area contributed by atoms with E-state index in [1.807, 2.05) is 18.3 Å². The van der Waals surface area contributed by atoms with Crippen LogP contribution >= 0.6 is 0 Å². The summed E-state index contributed by atoms with van der Waals surface area (Å²) in [6.45, 7) is 2.61.